The van der Waals surface area contributed by atoms with Gasteiger partial charge in [0.2, 0.25) is 5.91 Å². The van der Waals surface area contributed by atoms with Crippen molar-refractivity contribution in [1.29, 1.82) is 0 Å². The number of amides is 1. The van der Waals surface area contributed by atoms with Crippen LogP contribution >= 0.6 is 0 Å². The highest BCUT2D eigenvalue weighted by Gasteiger charge is 2.15. The molecule has 0 saturated carbocycles. The number of nitrogens with one attached hydrogen (secondary N) is 2. The van der Waals surface area contributed by atoms with E-state index in [1.54, 1.807) is 0 Å². The number of carbonyl (C=O) groups excluding carboxylic acids is 1. The van der Waals surface area contributed by atoms with Crippen molar-refractivity contribution in [3.8, 4) is 0 Å². The molecule has 0 spiro atoms. The number of carbonyl (C=O) groups is 1. The molecule has 0 atom stereocenters. The Morgan fingerprint density at radius 3 is 2.44 bits per heavy atom. The second kappa shape index (κ2) is 13.8. The summed E-state index contributed by atoms with van der Waals surface area (Å²) in [6.45, 7) is 10.2. The van der Waals surface area contributed by atoms with Crippen molar-refractivity contribution in [2.45, 2.75) is 71.1 Å². The van der Waals surface area contributed by atoms with Crippen molar-refractivity contribution in [1.82, 2.24) is 20.4 Å². The summed E-state index contributed by atoms with van der Waals surface area (Å²) in [6.07, 6.45) is 11.7. The minimum Gasteiger partial charge on any atom is -0.357 e. The lowest BCUT2D eigenvalue weighted by Gasteiger charge is -2.20. The number of hydrogen-bond donors (Lipinski definition) is 2. The first-order chi connectivity index (χ1) is 13.3. The average molecular weight is 380 g/mol. The molecule has 0 bridgehead atoms. The zero-order valence-electron chi connectivity index (χ0n) is 17.5. The number of nitrogens with zero attached hydrogens (tertiary/aromatic N) is 3. The predicted octanol–water partition coefficient (Wildman–Crippen LogP) is 2.60. The molecule has 0 aromatic heterocycles. The number of hydrogen-bond acceptors (Lipinski definition) is 3. The molecule has 2 aliphatic rings. The van der Waals surface area contributed by atoms with Crippen LogP contribution in [0, 0.1) is 0 Å². The summed E-state index contributed by atoms with van der Waals surface area (Å²) in [5.41, 5.74) is 0. The van der Waals surface area contributed by atoms with Gasteiger partial charge in [0.25, 0.3) is 0 Å². The average Bonchev–Trinajstić information content (AvgIpc) is 3.05. The van der Waals surface area contributed by atoms with Gasteiger partial charge in [0.15, 0.2) is 5.96 Å². The molecule has 2 fully saturated rings. The van der Waals surface area contributed by atoms with Gasteiger partial charge in [-0.2, -0.15) is 0 Å². The third kappa shape index (κ3) is 9.45. The minimum absolute atomic E-state index is 0.329. The Morgan fingerprint density at radius 2 is 1.67 bits per heavy atom. The molecule has 27 heavy (non-hydrogen) atoms. The van der Waals surface area contributed by atoms with Crippen LogP contribution in [0.25, 0.3) is 0 Å². The fourth-order valence-corrected chi connectivity index (χ4v) is 3.94. The van der Waals surface area contributed by atoms with Crippen LogP contribution in [-0.2, 0) is 4.79 Å². The number of guanidine groups is 1. The van der Waals surface area contributed by atoms with Crippen LogP contribution in [0.1, 0.15) is 71.1 Å². The van der Waals surface area contributed by atoms with Crippen molar-refractivity contribution < 1.29 is 4.79 Å². The monoisotopic (exact) mass is 379 g/mol. The van der Waals surface area contributed by atoms with E-state index >= 15 is 0 Å². The number of aliphatic imine (C=N–C) groups is 1. The van der Waals surface area contributed by atoms with E-state index in [2.05, 4.69) is 27.4 Å². The molecule has 0 radical (unpaired) electrons. The zero-order chi connectivity index (χ0) is 19.2. The number of rotatable bonds is 9. The molecule has 6 nitrogen and oxygen atoms in total. The molecule has 0 unspecified atom stereocenters. The Hall–Kier alpha value is -1.30. The molecule has 2 aliphatic heterocycles. The second-order valence-corrected chi connectivity index (χ2v) is 7.84. The maximum absolute atomic E-state index is 12.0. The second-order valence-electron chi connectivity index (χ2n) is 7.84. The van der Waals surface area contributed by atoms with Crippen LogP contribution in [0.5, 0.6) is 0 Å². The molecule has 0 aromatic rings. The molecule has 1 amide bonds. The normalized spacial score (nSPS) is 20.3. The van der Waals surface area contributed by atoms with Gasteiger partial charge in [-0.3, -0.25) is 9.79 Å². The van der Waals surface area contributed by atoms with Crippen molar-refractivity contribution >= 4 is 11.9 Å². The fraction of sp³-hybridized carbons (Fsp3) is 0.905. The van der Waals surface area contributed by atoms with Gasteiger partial charge in [-0.15, -0.1) is 0 Å². The third-order valence-corrected chi connectivity index (χ3v) is 5.51. The van der Waals surface area contributed by atoms with E-state index in [1.807, 2.05) is 4.90 Å². The topological polar surface area (TPSA) is 60.0 Å². The summed E-state index contributed by atoms with van der Waals surface area (Å²) in [4.78, 5) is 21.4. The Labute approximate surface area is 166 Å². The molecule has 2 heterocycles. The van der Waals surface area contributed by atoms with E-state index in [9.17, 15) is 4.79 Å². The summed E-state index contributed by atoms with van der Waals surface area (Å²) in [6, 6.07) is 0. The third-order valence-electron chi connectivity index (χ3n) is 5.51. The van der Waals surface area contributed by atoms with E-state index in [4.69, 9.17) is 0 Å². The molecule has 156 valence electrons. The summed E-state index contributed by atoms with van der Waals surface area (Å²) >= 11 is 0. The lowest BCUT2D eigenvalue weighted by molar-refractivity contribution is -0.130. The molecule has 2 saturated heterocycles. The molecular formula is C21H41N5O. The maximum atomic E-state index is 12.0. The lowest BCUT2D eigenvalue weighted by atomic mass is 10.2. The van der Waals surface area contributed by atoms with Gasteiger partial charge < -0.3 is 20.4 Å². The molecule has 2 N–H and O–H groups in total. The summed E-state index contributed by atoms with van der Waals surface area (Å²) in [7, 11) is 0. The highest BCUT2D eigenvalue weighted by molar-refractivity contribution is 5.79. The first-order valence-corrected chi connectivity index (χ1v) is 11.3. The van der Waals surface area contributed by atoms with Crippen LogP contribution in [0.2, 0.25) is 0 Å². The molecule has 6 heteroatoms. The standard InChI is InChI=1S/C21H41N5O/c1-2-22-21(23-13-10-17-25-15-7-3-4-8-16-25)24-14-11-19-26-18-9-5-6-12-20(26)27/h2-19H2,1H3,(H2,22,23,24). The highest BCUT2D eigenvalue weighted by atomic mass is 16.2. The fourth-order valence-electron chi connectivity index (χ4n) is 3.94. The molecule has 2 rings (SSSR count). The van der Waals surface area contributed by atoms with Crippen LogP contribution < -0.4 is 10.6 Å². The van der Waals surface area contributed by atoms with Crippen LogP contribution in [-0.4, -0.2) is 74.0 Å². The first-order valence-electron chi connectivity index (χ1n) is 11.3. The maximum Gasteiger partial charge on any atom is 0.222 e. The first kappa shape index (κ1) is 22.0. The number of likely N-dealkylation sites (tertiary alicyclic amines) is 2. The SMILES string of the molecule is CCNC(=NCCCN1CCCCCC1=O)NCCCN1CCCCCC1. The molecule has 0 aromatic carbocycles. The largest absolute Gasteiger partial charge is 0.357 e. The highest BCUT2D eigenvalue weighted by Crippen LogP contribution is 2.11. The Morgan fingerprint density at radius 1 is 0.926 bits per heavy atom. The quantitative estimate of drug-likeness (QED) is 0.367. The van der Waals surface area contributed by atoms with Crippen LogP contribution in [0.4, 0.5) is 0 Å². The summed E-state index contributed by atoms with van der Waals surface area (Å²) in [5, 5.41) is 6.80. The molecule has 0 aliphatic carbocycles. The van der Waals surface area contributed by atoms with Crippen molar-refractivity contribution in [3.63, 3.8) is 0 Å². The van der Waals surface area contributed by atoms with Gasteiger partial charge >= 0.3 is 0 Å². The predicted molar refractivity (Wildman–Crippen MR) is 113 cm³/mol. The van der Waals surface area contributed by atoms with Crippen molar-refractivity contribution in [3.05, 3.63) is 0 Å². The lowest BCUT2D eigenvalue weighted by Crippen LogP contribution is -2.39. The Kier molecular flexibility index (Phi) is 11.2. The summed E-state index contributed by atoms with van der Waals surface area (Å²) in [5.74, 6) is 1.24. The van der Waals surface area contributed by atoms with E-state index < -0.39 is 0 Å². The summed E-state index contributed by atoms with van der Waals surface area (Å²) < 4.78 is 0. The van der Waals surface area contributed by atoms with Crippen LogP contribution in [0.15, 0.2) is 4.99 Å². The van der Waals surface area contributed by atoms with Gasteiger partial charge in [0.05, 0.1) is 0 Å². The van der Waals surface area contributed by atoms with Gasteiger partial charge in [-0.25, -0.2) is 0 Å². The van der Waals surface area contributed by atoms with Gasteiger partial charge in [-0.05, 0) is 65.1 Å². The smallest absolute Gasteiger partial charge is 0.222 e. The van der Waals surface area contributed by atoms with Crippen LogP contribution in [0.3, 0.4) is 0 Å². The van der Waals surface area contributed by atoms with Gasteiger partial charge in [0.1, 0.15) is 0 Å². The van der Waals surface area contributed by atoms with E-state index in [0.717, 1.165) is 70.8 Å². The van der Waals surface area contributed by atoms with Crippen molar-refractivity contribution in [2.24, 2.45) is 4.99 Å². The minimum atomic E-state index is 0.329. The molecular weight excluding hydrogens is 338 g/mol. The van der Waals surface area contributed by atoms with E-state index in [0.29, 0.717) is 5.91 Å². The van der Waals surface area contributed by atoms with Gasteiger partial charge in [0, 0.05) is 39.1 Å². The Bertz CT molecular complexity index is 432. The Balaban J connectivity index is 1.61. The van der Waals surface area contributed by atoms with Gasteiger partial charge in [-0.1, -0.05) is 19.3 Å². The van der Waals surface area contributed by atoms with E-state index in [1.165, 1.54) is 51.7 Å². The van der Waals surface area contributed by atoms with Crippen molar-refractivity contribution in [2.75, 3.05) is 52.4 Å². The van der Waals surface area contributed by atoms with E-state index in [-0.39, 0.29) is 0 Å². The zero-order valence-corrected chi connectivity index (χ0v) is 17.5.